The standard InChI is InChI=1S/C16H21NO2/c1-19-13-9-10-15(17)14(11-13)16(18)12-7-5-3-2-4-6-8-12/h7,9-11H,2-6,8,17H2,1H3/b12-7+. The lowest BCUT2D eigenvalue weighted by Gasteiger charge is -2.12. The quantitative estimate of drug-likeness (QED) is 0.664. The van der Waals surface area contributed by atoms with Gasteiger partial charge in [-0.25, -0.2) is 0 Å². The zero-order valence-electron chi connectivity index (χ0n) is 11.4. The van der Waals surface area contributed by atoms with Gasteiger partial charge < -0.3 is 10.5 Å². The molecule has 3 nitrogen and oxygen atoms in total. The zero-order chi connectivity index (χ0) is 13.7. The molecule has 1 aromatic rings. The van der Waals surface area contributed by atoms with Gasteiger partial charge in [0.1, 0.15) is 5.75 Å². The van der Waals surface area contributed by atoms with E-state index in [1.165, 1.54) is 19.3 Å². The highest BCUT2D eigenvalue weighted by Crippen LogP contribution is 2.26. The van der Waals surface area contributed by atoms with Gasteiger partial charge in [-0.15, -0.1) is 0 Å². The minimum Gasteiger partial charge on any atom is -0.497 e. The molecule has 1 aliphatic carbocycles. The Morgan fingerprint density at radius 1 is 1.21 bits per heavy atom. The highest BCUT2D eigenvalue weighted by molar-refractivity contribution is 6.12. The van der Waals surface area contributed by atoms with Crippen molar-refractivity contribution in [1.82, 2.24) is 0 Å². The van der Waals surface area contributed by atoms with E-state index in [4.69, 9.17) is 10.5 Å². The van der Waals surface area contributed by atoms with Crippen LogP contribution < -0.4 is 10.5 Å². The molecule has 0 spiro atoms. The number of hydrogen-bond donors (Lipinski definition) is 1. The van der Waals surface area contributed by atoms with E-state index in [0.717, 1.165) is 24.8 Å². The maximum atomic E-state index is 12.5. The van der Waals surface area contributed by atoms with E-state index in [1.54, 1.807) is 25.3 Å². The Morgan fingerprint density at radius 2 is 2.00 bits per heavy atom. The van der Waals surface area contributed by atoms with Crippen LogP contribution in [0.5, 0.6) is 5.75 Å². The van der Waals surface area contributed by atoms with Crippen molar-refractivity contribution in [1.29, 1.82) is 0 Å². The average molecular weight is 259 g/mol. The summed E-state index contributed by atoms with van der Waals surface area (Å²) < 4.78 is 5.16. The van der Waals surface area contributed by atoms with Gasteiger partial charge in [-0.05, 0) is 49.5 Å². The van der Waals surface area contributed by atoms with Crippen LogP contribution in [0.15, 0.2) is 29.8 Å². The summed E-state index contributed by atoms with van der Waals surface area (Å²) >= 11 is 0. The van der Waals surface area contributed by atoms with Crippen LogP contribution in [0.4, 0.5) is 5.69 Å². The minimum absolute atomic E-state index is 0.0540. The van der Waals surface area contributed by atoms with Gasteiger partial charge in [-0.1, -0.05) is 18.9 Å². The maximum Gasteiger partial charge on any atom is 0.190 e. The van der Waals surface area contributed by atoms with Crippen LogP contribution >= 0.6 is 0 Å². The Hall–Kier alpha value is -1.77. The van der Waals surface area contributed by atoms with Crippen LogP contribution in [0, 0.1) is 0 Å². The van der Waals surface area contributed by atoms with Crippen molar-refractivity contribution in [3.8, 4) is 5.75 Å². The zero-order valence-corrected chi connectivity index (χ0v) is 11.4. The number of nitrogens with two attached hydrogens (primary N) is 1. The first-order valence-corrected chi connectivity index (χ1v) is 6.89. The molecule has 2 N–H and O–H groups in total. The number of hydrogen-bond acceptors (Lipinski definition) is 3. The molecular weight excluding hydrogens is 238 g/mol. The predicted molar refractivity (Wildman–Crippen MR) is 77.5 cm³/mol. The maximum absolute atomic E-state index is 12.5. The van der Waals surface area contributed by atoms with Gasteiger partial charge in [-0.3, -0.25) is 4.79 Å². The fourth-order valence-electron chi connectivity index (χ4n) is 2.43. The number of carbonyl (C=O) groups excluding carboxylic acids is 1. The van der Waals surface area contributed by atoms with E-state index in [9.17, 15) is 4.79 Å². The van der Waals surface area contributed by atoms with Crippen LogP contribution in [0.25, 0.3) is 0 Å². The van der Waals surface area contributed by atoms with Gasteiger partial charge in [0.15, 0.2) is 5.78 Å². The molecule has 0 aromatic heterocycles. The summed E-state index contributed by atoms with van der Waals surface area (Å²) in [6, 6.07) is 5.24. The number of benzene rings is 1. The van der Waals surface area contributed by atoms with Crippen molar-refractivity contribution < 1.29 is 9.53 Å². The van der Waals surface area contributed by atoms with Crippen LogP contribution in [0.2, 0.25) is 0 Å². The summed E-state index contributed by atoms with van der Waals surface area (Å²) in [5.74, 6) is 0.724. The number of rotatable bonds is 3. The normalized spacial score (nSPS) is 18.9. The average Bonchev–Trinajstić information content (AvgIpc) is 2.38. The first kappa shape index (κ1) is 13.7. The lowest BCUT2D eigenvalue weighted by atomic mass is 9.93. The molecule has 3 heteroatoms. The Labute approximate surface area is 114 Å². The van der Waals surface area contributed by atoms with Gasteiger partial charge in [-0.2, -0.15) is 0 Å². The number of nitrogen functional groups attached to an aromatic ring is 1. The minimum atomic E-state index is 0.0540. The molecule has 0 saturated carbocycles. The summed E-state index contributed by atoms with van der Waals surface area (Å²) in [5.41, 5.74) is 7.90. The van der Waals surface area contributed by atoms with E-state index in [1.807, 2.05) is 0 Å². The van der Waals surface area contributed by atoms with Gasteiger partial charge in [0.2, 0.25) is 0 Å². The molecule has 0 amide bonds. The fraction of sp³-hybridized carbons (Fsp3) is 0.438. The number of methoxy groups -OCH3 is 1. The third-order valence-corrected chi connectivity index (χ3v) is 3.59. The highest BCUT2D eigenvalue weighted by Gasteiger charge is 2.16. The van der Waals surface area contributed by atoms with Gasteiger partial charge in [0, 0.05) is 11.3 Å². The Morgan fingerprint density at radius 3 is 2.79 bits per heavy atom. The molecule has 1 aliphatic rings. The van der Waals surface area contributed by atoms with Crippen molar-refractivity contribution >= 4 is 11.5 Å². The number of ketones is 1. The number of Topliss-reactive ketones (excluding diaryl/α,β-unsaturated/α-hetero) is 1. The van der Waals surface area contributed by atoms with Gasteiger partial charge in [0.25, 0.3) is 0 Å². The first-order valence-electron chi connectivity index (χ1n) is 6.89. The van der Waals surface area contributed by atoms with Crippen molar-refractivity contribution in [2.24, 2.45) is 0 Å². The molecule has 0 heterocycles. The molecule has 2 rings (SSSR count). The second-order valence-electron chi connectivity index (χ2n) is 4.96. The summed E-state index contributed by atoms with van der Waals surface area (Å²) in [4.78, 5) is 12.5. The number of allylic oxidation sites excluding steroid dienone is 2. The summed E-state index contributed by atoms with van der Waals surface area (Å²) in [5, 5.41) is 0. The molecule has 0 fully saturated rings. The molecule has 19 heavy (non-hydrogen) atoms. The molecule has 0 saturated heterocycles. The third kappa shape index (κ3) is 3.37. The van der Waals surface area contributed by atoms with Crippen LogP contribution in [-0.4, -0.2) is 12.9 Å². The topological polar surface area (TPSA) is 52.3 Å². The van der Waals surface area contributed by atoms with Crippen molar-refractivity contribution in [3.05, 3.63) is 35.4 Å². The summed E-state index contributed by atoms with van der Waals surface area (Å²) in [7, 11) is 1.59. The van der Waals surface area contributed by atoms with E-state index in [0.29, 0.717) is 17.0 Å². The van der Waals surface area contributed by atoms with E-state index < -0.39 is 0 Å². The number of ether oxygens (including phenoxy) is 1. The highest BCUT2D eigenvalue weighted by atomic mass is 16.5. The molecule has 0 atom stereocenters. The lowest BCUT2D eigenvalue weighted by molar-refractivity contribution is 0.103. The first-order chi connectivity index (χ1) is 9.22. The number of carbonyl (C=O) groups is 1. The Kier molecular flexibility index (Phi) is 4.61. The van der Waals surface area contributed by atoms with Gasteiger partial charge in [0.05, 0.1) is 7.11 Å². The van der Waals surface area contributed by atoms with Crippen molar-refractivity contribution in [2.75, 3.05) is 12.8 Å². The predicted octanol–water partition coefficient (Wildman–Crippen LogP) is 3.74. The molecule has 102 valence electrons. The van der Waals surface area contributed by atoms with Crippen molar-refractivity contribution in [3.63, 3.8) is 0 Å². The summed E-state index contributed by atoms with van der Waals surface area (Å²) in [6.07, 6.45) is 8.66. The largest absolute Gasteiger partial charge is 0.497 e. The van der Waals surface area contributed by atoms with E-state index >= 15 is 0 Å². The molecular formula is C16H21NO2. The second-order valence-corrected chi connectivity index (χ2v) is 4.96. The third-order valence-electron chi connectivity index (χ3n) is 3.59. The van der Waals surface area contributed by atoms with Crippen LogP contribution in [-0.2, 0) is 0 Å². The molecule has 1 aromatic carbocycles. The lowest BCUT2D eigenvalue weighted by Crippen LogP contribution is -2.08. The Bertz CT molecular complexity index is 492. The van der Waals surface area contributed by atoms with E-state index in [-0.39, 0.29) is 5.78 Å². The van der Waals surface area contributed by atoms with Gasteiger partial charge >= 0.3 is 0 Å². The molecule has 0 radical (unpaired) electrons. The van der Waals surface area contributed by atoms with Crippen LogP contribution in [0.3, 0.4) is 0 Å². The Balaban J connectivity index is 2.27. The summed E-state index contributed by atoms with van der Waals surface area (Å²) in [6.45, 7) is 0. The smallest absolute Gasteiger partial charge is 0.190 e. The SMILES string of the molecule is COc1ccc(N)c(C(=O)/C2=C/CCCCCC2)c1. The van der Waals surface area contributed by atoms with Crippen molar-refractivity contribution in [2.45, 2.75) is 38.5 Å². The number of anilines is 1. The molecule has 0 bridgehead atoms. The monoisotopic (exact) mass is 259 g/mol. The molecule has 0 aliphatic heterocycles. The van der Waals surface area contributed by atoms with E-state index in [2.05, 4.69) is 6.08 Å². The fourth-order valence-corrected chi connectivity index (χ4v) is 2.43. The molecule has 0 unspecified atom stereocenters. The van der Waals surface area contributed by atoms with Crippen LogP contribution in [0.1, 0.15) is 48.9 Å². The second kappa shape index (κ2) is 6.41.